The molecule has 7 nitrogen and oxygen atoms in total. The van der Waals surface area contributed by atoms with E-state index in [4.69, 9.17) is 21.1 Å². The molecule has 0 spiro atoms. The Morgan fingerprint density at radius 2 is 1.86 bits per heavy atom. The molecule has 0 N–H and O–H groups in total. The third kappa shape index (κ3) is 6.02. The van der Waals surface area contributed by atoms with Gasteiger partial charge in [0.1, 0.15) is 13.2 Å². The number of amides is 3. The highest BCUT2D eigenvalue weighted by molar-refractivity contribution is 9.10. The van der Waals surface area contributed by atoms with Crippen molar-refractivity contribution in [1.29, 1.82) is 0 Å². The van der Waals surface area contributed by atoms with Crippen molar-refractivity contribution in [3.8, 4) is 11.5 Å². The van der Waals surface area contributed by atoms with E-state index in [1.165, 1.54) is 0 Å². The molecule has 0 saturated carbocycles. The fourth-order valence-corrected chi connectivity index (χ4v) is 5.25. The topological polar surface area (TPSA) is 76.2 Å². The van der Waals surface area contributed by atoms with Crippen molar-refractivity contribution >= 4 is 62.4 Å². The number of hydrogen-bond donors (Lipinski definition) is 0. The maximum absolute atomic E-state index is 12.9. The summed E-state index contributed by atoms with van der Waals surface area (Å²) in [5, 5.41) is 0.162. The summed E-state index contributed by atoms with van der Waals surface area (Å²) in [7, 11) is 0. The molecule has 0 aromatic heterocycles. The third-order valence-electron chi connectivity index (χ3n) is 5.62. The van der Waals surface area contributed by atoms with E-state index in [9.17, 15) is 14.4 Å². The first kappa shape index (κ1) is 25.6. The van der Waals surface area contributed by atoms with E-state index in [1.54, 1.807) is 29.2 Å². The molecular formula is C25H24BrClN2O5S. The van der Waals surface area contributed by atoms with E-state index in [1.807, 2.05) is 25.1 Å². The minimum Gasteiger partial charge on any atom is -0.490 e. The summed E-state index contributed by atoms with van der Waals surface area (Å²) in [6.45, 7) is 3.64. The lowest BCUT2D eigenvalue weighted by Crippen LogP contribution is -2.40. The molecule has 0 aliphatic carbocycles. The van der Waals surface area contributed by atoms with Gasteiger partial charge in [-0.1, -0.05) is 45.7 Å². The van der Waals surface area contributed by atoms with Crippen molar-refractivity contribution in [3.63, 3.8) is 0 Å². The Morgan fingerprint density at radius 3 is 2.57 bits per heavy atom. The van der Waals surface area contributed by atoms with Crippen molar-refractivity contribution in [1.82, 2.24) is 9.80 Å². The van der Waals surface area contributed by atoms with Gasteiger partial charge in [-0.05, 0) is 61.4 Å². The first-order valence-electron chi connectivity index (χ1n) is 11.2. The van der Waals surface area contributed by atoms with E-state index in [0.717, 1.165) is 35.1 Å². The fraction of sp³-hybridized carbons (Fsp3) is 0.320. The molecule has 184 valence electrons. The quantitative estimate of drug-likeness (QED) is 0.371. The summed E-state index contributed by atoms with van der Waals surface area (Å²) in [5.41, 5.74) is 1.49. The number of rotatable bonds is 8. The highest BCUT2D eigenvalue weighted by atomic mass is 79.9. The Bertz CT molecular complexity index is 1180. The van der Waals surface area contributed by atoms with Crippen LogP contribution in [0.15, 0.2) is 45.8 Å². The second kappa shape index (κ2) is 11.5. The summed E-state index contributed by atoms with van der Waals surface area (Å²) in [4.78, 5) is 40.8. The molecule has 2 aliphatic rings. The van der Waals surface area contributed by atoms with Crippen molar-refractivity contribution in [2.75, 3.05) is 26.2 Å². The second-order valence-electron chi connectivity index (χ2n) is 7.99. The van der Waals surface area contributed by atoms with Crippen LogP contribution in [0, 0.1) is 0 Å². The van der Waals surface area contributed by atoms with E-state index >= 15 is 0 Å². The summed E-state index contributed by atoms with van der Waals surface area (Å²) in [6, 6.07) is 10.9. The molecule has 2 aromatic carbocycles. The van der Waals surface area contributed by atoms with Crippen LogP contribution in [0.1, 0.15) is 30.9 Å². The van der Waals surface area contributed by atoms with Gasteiger partial charge in [0.2, 0.25) is 5.91 Å². The van der Waals surface area contributed by atoms with Crippen LogP contribution in [0.25, 0.3) is 6.08 Å². The minimum absolute atomic E-state index is 0.203. The van der Waals surface area contributed by atoms with Crippen LogP contribution in [0.5, 0.6) is 11.5 Å². The Kier molecular flexibility index (Phi) is 8.41. The number of nitrogens with zero attached hydrogens (tertiary/aromatic N) is 2. The second-order valence-corrected chi connectivity index (χ2v) is 10.2. The smallest absolute Gasteiger partial charge is 0.294 e. The zero-order valence-electron chi connectivity index (χ0n) is 19.1. The molecule has 2 aliphatic heterocycles. The summed E-state index contributed by atoms with van der Waals surface area (Å²) >= 11 is 10.6. The highest BCUT2D eigenvalue weighted by Crippen LogP contribution is 2.38. The molecule has 2 fully saturated rings. The number of imide groups is 1. The zero-order valence-corrected chi connectivity index (χ0v) is 22.2. The fourth-order valence-electron chi connectivity index (χ4n) is 3.79. The number of benzene rings is 2. The van der Waals surface area contributed by atoms with Crippen LogP contribution in [-0.4, -0.2) is 53.1 Å². The number of ether oxygens (including phenoxy) is 2. The number of hydrogen-bond acceptors (Lipinski definition) is 6. The van der Waals surface area contributed by atoms with Crippen LogP contribution in [0.2, 0.25) is 5.02 Å². The maximum atomic E-state index is 12.9. The van der Waals surface area contributed by atoms with Crippen molar-refractivity contribution < 1.29 is 23.9 Å². The summed E-state index contributed by atoms with van der Waals surface area (Å²) in [6.07, 6.45) is 3.51. The molecule has 10 heteroatoms. The van der Waals surface area contributed by atoms with Crippen LogP contribution in [-0.2, 0) is 16.2 Å². The van der Waals surface area contributed by atoms with Crippen LogP contribution in [0.4, 0.5) is 4.79 Å². The Balaban J connectivity index is 1.52. The number of thioether (sulfide) groups is 1. The lowest BCUT2D eigenvalue weighted by atomic mass is 10.1. The SMILES string of the molecule is CCOc1cc(/C=C2/SC(=O)N(CC(=O)N3CCCC3)C2=O)c(Br)cc1OCc1ccccc1Cl. The number of carbonyl (C=O) groups is 3. The molecule has 0 radical (unpaired) electrons. The van der Waals surface area contributed by atoms with Gasteiger partial charge in [0.05, 0.1) is 11.5 Å². The minimum atomic E-state index is -0.476. The van der Waals surface area contributed by atoms with Gasteiger partial charge < -0.3 is 14.4 Å². The van der Waals surface area contributed by atoms with Crippen molar-refractivity contribution in [3.05, 3.63) is 61.9 Å². The standard InChI is InChI=1S/C25H24BrClN2O5S/c1-2-33-20-11-17(18(26)13-21(20)34-15-16-7-3-4-8-19(16)27)12-22-24(31)29(25(32)35-22)14-23(30)28-9-5-6-10-28/h3-4,7-8,11-13H,2,5-6,9-10,14-15H2,1H3/b22-12+. The van der Waals surface area contributed by atoms with E-state index < -0.39 is 11.1 Å². The summed E-state index contributed by atoms with van der Waals surface area (Å²) < 4.78 is 12.4. The van der Waals surface area contributed by atoms with E-state index in [0.29, 0.717) is 46.3 Å². The largest absolute Gasteiger partial charge is 0.490 e. The van der Waals surface area contributed by atoms with Gasteiger partial charge in [-0.25, -0.2) is 0 Å². The predicted molar refractivity (Wildman–Crippen MR) is 140 cm³/mol. The molecule has 0 atom stereocenters. The zero-order chi connectivity index (χ0) is 24.9. The molecule has 2 aromatic rings. The average molecular weight is 580 g/mol. The number of halogens is 2. The van der Waals surface area contributed by atoms with Gasteiger partial charge >= 0.3 is 0 Å². The molecule has 2 saturated heterocycles. The van der Waals surface area contributed by atoms with Gasteiger partial charge in [-0.2, -0.15) is 0 Å². The first-order valence-corrected chi connectivity index (χ1v) is 13.2. The predicted octanol–water partition coefficient (Wildman–Crippen LogP) is 5.74. The molecule has 3 amide bonds. The molecule has 35 heavy (non-hydrogen) atoms. The van der Waals surface area contributed by atoms with Crippen LogP contribution >= 0.6 is 39.3 Å². The van der Waals surface area contributed by atoms with Gasteiger partial charge in [0.15, 0.2) is 11.5 Å². The molecule has 0 bridgehead atoms. The van der Waals surface area contributed by atoms with E-state index in [-0.39, 0.29) is 24.0 Å². The van der Waals surface area contributed by atoms with Crippen LogP contribution in [0.3, 0.4) is 0 Å². The summed E-state index contributed by atoms with van der Waals surface area (Å²) in [5.74, 6) is 0.333. The van der Waals surface area contributed by atoms with Gasteiger partial charge in [0, 0.05) is 28.1 Å². The molecule has 2 heterocycles. The Morgan fingerprint density at radius 1 is 1.14 bits per heavy atom. The van der Waals surface area contributed by atoms with Gasteiger partial charge in [-0.15, -0.1) is 0 Å². The number of carbonyl (C=O) groups excluding carboxylic acids is 3. The average Bonchev–Trinajstić information content (AvgIpc) is 3.46. The van der Waals surface area contributed by atoms with Crippen LogP contribution < -0.4 is 9.47 Å². The Labute approximate surface area is 221 Å². The van der Waals surface area contributed by atoms with E-state index in [2.05, 4.69) is 15.9 Å². The first-order chi connectivity index (χ1) is 16.9. The maximum Gasteiger partial charge on any atom is 0.294 e. The number of likely N-dealkylation sites (tertiary alicyclic amines) is 1. The van der Waals surface area contributed by atoms with Gasteiger partial charge in [-0.3, -0.25) is 19.3 Å². The molecule has 4 rings (SSSR count). The van der Waals surface area contributed by atoms with Crippen molar-refractivity contribution in [2.45, 2.75) is 26.4 Å². The highest BCUT2D eigenvalue weighted by Gasteiger charge is 2.37. The molecule has 0 unspecified atom stereocenters. The normalized spacial score (nSPS) is 16.9. The lowest BCUT2D eigenvalue weighted by Gasteiger charge is -2.18. The Hall–Kier alpha value is -2.49. The third-order valence-corrected chi connectivity index (χ3v) is 7.58. The van der Waals surface area contributed by atoms with Gasteiger partial charge in [0.25, 0.3) is 11.1 Å². The monoisotopic (exact) mass is 578 g/mol. The molecular weight excluding hydrogens is 556 g/mol. The van der Waals surface area contributed by atoms with Crippen molar-refractivity contribution in [2.24, 2.45) is 0 Å². The lowest BCUT2D eigenvalue weighted by molar-refractivity contribution is -0.135.